The average molecular weight is 556 g/mol. The van der Waals surface area contributed by atoms with Gasteiger partial charge in [-0.05, 0) is 37.6 Å². The SMILES string of the molecule is CCOC(=O)CCCN(C)C(=O)C=CCNc1cc2c(Nc3cccc(Br)c3)ncnc2cc1OC. The molecule has 1 aromatic heterocycles. The second kappa shape index (κ2) is 13.4. The van der Waals surface area contributed by atoms with Crippen molar-refractivity contribution in [1.29, 1.82) is 0 Å². The summed E-state index contributed by atoms with van der Waals surface area (Å²) in [7, 11) is 3.30. The zero-order valence-corrected chi connectivity index (χ0v) is 22.2. The molecule has 1 amide bonds. The van der Waals surface area contributed by atoms with Crippen LogP contribution in [0.15, 0.2) is 59.4 Å². The Hall–Kier alpha value is -3.66. The number of halogens is 1. The fourth-order valence-corrected chi connectivity index (χ4v) is 3.85. The van der Waals surface area contributed by atoms with Crippen molar-refractivity contribution in [1.82, 2.24) is 14.9 Å². The first-order valence-electron chi connectivity index (χ1n) is 11.6. The maximum Gasteiger partial charge on any atom is 0.305 e. The molecule has 0 saturated carbocycles. The number of hydrogen-bond acceptors (Lipinski definition) is 8. The fourth-order valence-electron chi connectivity index (χ4n) is 3.45. The van der Waals surface area contributed by atoms with Gasteiger partial charge in [-0.3, -0.25) is 9.59 Å². The first-order valence-corrected chi connectivity index (χ1v) is 12.4. The van der Waals surface area contributed by atoms with Crippen LogP contribution in [0, 0.1) is 0 Å². The molecule has 0 spiro atoms. The third-order valence-corrected chi connectivity index (χ3v) is 5.76. The van der Waals surface area contributed by atoms with Crippen molar-refractivity contribution < 1.29 is 19.1 Å². The summed E-state index contributed by atoms with van der Waals surface area (Å²) < 4.78 is 11.4. The Morgan fingerprint density at radius 3 is 2.78 bits per heavy atom. The van der Waals surface area contributed by atoms with Gasteiger partial charge < -0.3 is 25.0 Å². The summed E-state index contributed by atoms with van der Waals surface area (Å²) >= 11 is 3.48. The number of methoxy groups -OCH3 is 1. The minimum absolute atomic E-state index is 0.139. The van der Waals surface area contributed by atoms with E-state index in [0.717, 1.165) is 26.8 Å². The largest absolute Gasteiger partial charge is 0.495 e. The highest BCUT2D eigenvalue weighted by atomic mass is 79.9. The third kappa shape index (κ3) is 7.67. The maximum absolute atomic E-state index is 12.3. The van der Waals surface area contributed by atoms with Crippen LogP contribution in [0.3, 0.4) is 0 Å². The van der Waals surface area contributed by atoms with Crippen LogP contribution in [0.2, 0.25) is 0 Å². The predicted molar refractivity (Wildman–Crippen MR) is 145 cm³/mol. The first kappa shape index (κ1) is 26.9. The molecule has 0 bridgehead atoms. The van der Waals surface area contributed by atoms with E-state index in [0.29, 0.717) is 44.1 Å². The van der Waals surface area contributed by atoms with Crippen LogP contribution >= 0.6 is 15.9 Å². The van der Waals surface area contributed by atoms with Crippen LogP contribution in [-0.2, 0) is 14.3 Å². The van der Waals surface area contributed by atoms with Gasteiger partial charge in [-0.25, -0.2) is 9.97 Å². The quantitative estimate of drug-likeness (QED) is 0.240. The van der Waals surface area contributed by atoms with E-state index >= 15 is 0 Å². The highest BCUT2D eigenvalue weighted by Gasteiger charge is 2.11. The molecule has 190 valence electrons. The minimum atomic E-state index is -0.247. The molecular formula is C26H30BrN5O4. The first-order chi connectivity index (χ1) is 17.4. The van der Waals surface area contributed by atoms with Gasteiger partial charge in [0.1, 0.15) is 17.9 Å². The Labute approximate surface area is 219 Å². The molecule has 0 saturated heterocycles. The molecule has 0 fully saturated rings. The second-order valence-corrected chi connectivity index (χ2v) is 8.79. The summed E-state index contributed by atoms with van der Waals surface area (Å²) in [5.41, 5.74) is 2.37. The van der Waals surface area contributed by atoms with Crippen LogP contribution in [0.4, 0.5) is 17.2 Å². The van der Waals surface area contributed by atoms with E-state index in [1.807, 2.05) is 36.4 Å². The zero-order valence-electron chi connectivity index (χ0n) is 20.6. The van der Waals surface area contributed by atoms with Gasteiger partial charge in [0.2, 0.25) is 5.91 Å². The van der Waals surface area contributed by atoms with Gasteiger partial charge in [0, 0.05) is 54.2 Å². The van der Waals surface area contributed by atoms with Crippen LogP contribution in [0.25, 0.3) is 10.9 Å². The smallest absolute Gasteiger partial charge is 0.305 e. The number of nitrogens with one attached hydrogen (secondary N) is 2. The Balaban J connectivity index is 1.64. The number of rotatable bonds is 12. The topological polar surface area (TPSA) is 106 Å². The van der Waals surface area contributed by atoms with E-state index in [1.165, 1.54) is 12.4 Å². The van der Waals surface area contributed by atoms with E-state index in [1.54, 1.807) is 32.1 Å². The van der Waals surface area contributed by atoms with Gasteiger partial charge in [-0.1, -0.05) is 28.1 Å². The Bertz CT molecular complexity index is 1230. The molecule has 2 N–H and O–H groups in total. The average Bonchev–Trinajstić information content (AvgIpc) is 2.86. The van der Waals surface area contributed by atoms with Crippen LogP contribution in [0.5, 0.6) is 5.75 Å². The summed E-state index contributed by atoms with van der Waals surface area (Å²) in [6.07, 6.45) is 5.61. The number of likely N-dealkylation sites (N-methyl/N-ethyl adjacent to an activating group) is 1. The monoisotopic (exact) mass is 555 g/mol. The second-order valence-electron chi connectivity index (χ2n) is 7.88. The molecule has 2 aromatic carbocycles. The number of esters is 1. The van der Waals surface area contributed by atoms with E-state index in [2.05, 4.69) is 36.5 Å². The van der Waals surface area contributed by atoms with Gasteiger partial charge in [0.15, 0.2) is 0 Å². The maximum atomic E-state index is 12.3. The lowest BCUT2D eigenvalue weighted by atomic mass is 10.2. The van der Waals surface area contributed by atoms with Gasteiger partial charge in [-0.2, -0.15) is 0 Å². The van der Waals surface area contributed by atoms with Crippen molar-refractivity contribution in [2.24, 2.45) is 0 Å². The lowest BCUT2D eigenvalue weighted by molar-refractivity contribution is -0.143. The van der Waals surface area contributed by atoms with E-state index in [9.17, 15) is 9.59 Å². The summed E-state index contributed by atoms with van der Waals surface area (Å²) in [6.45, 7) is 3.02. The highest BCUT2D eigenvalue weighted by Crippen LogP contribution is 2.33. The van der Waals surface area contributed by atoms with Gasteiger partial charge in [0.05, 0.1) is 24.9 Å². The van der Waals surface area contributed by atoms with Crippen molar-refractivity contribution in [3.63, 3.8) is 0 Å². The lowest BCUT2D eigenvalue weighted by Crippen LogP contribution is -2.26. The summed E-state index contributed by atoms with van der Waals surface area (Å²) in [6, 6.07) is 11.6. The van der Waals surface area contributed by atoms with Crippen molar-refractivity contribution in [2.75, 3.05) is 44.5 Å². The highest BCUT2D eigenvalue weighted by molar-refractivity contribution is 9.10. The van der Waals surface area contributed by atoms with Crippen LogP contribution in [-0.4, -0.2) is 60.6 Å². The van der Waals surface area contributed by atoms with Gasteiger partial charge in [-0.15, -0.1) is 0 Å². The number of anilines is 3. The standard InChI is InChI=1S/C26H30BrN5O4/c1-4-36-25(34)11-7-13-32(2)24(33)10-6-12-28-22-15-20-21(16-23(22)35-3)29-17-30-26(20)31-19-9-5-8-18(27)14-19/h5-6,8-10,14-17,28H,4,7,11-13H2,1-3H3,(H,29,30,31). The molecule has 0 aliphatic heterocycles. The third-order valence-electron chi connectivity index (χ3n) is 5.27. The Morgan fingerprint density at radius 2 is 2.03 bits per heavy atom. The summed E-state index contributed by atoms with van der Waals surface area (Å²) in [5, 5.41) is 7.44. The number of benzene rings is 2. The molecule has 0 unspecified atom stereocenters. The molecule has 9 nitrogen and oxygen atoms in total. The number of ether oxygens (including phenoxy) is 2. The molecule has 36 heavy (non-hydrogen) atoms. The molecule has 1 heterocycles. The van der Waals surface area contributed by atoms with Crippen LogP contribution in [0.1, 0.15) is 19.8 Å². The molecule has 0 aliphatic carbocycles. The summed E-state index contributed by atoms with van der Waals surface area (Å²) in [5.74, 6) is 0.909. The van der Waals surface area contributed by atoms with E-state index < -0.39 is 0 Å². The zero-order chi connectivity index (χ0) is 25.9. The molecule has 3 rings (SSSR count). The number of hydrogen-bond donors (Lipinski definition) is 2. The minimum Gasteiger partial charge on any atom is -0.495 e. The number of carbonyl (C=O) groups excluding carboxylic acids is 2. The van der Waals surface area contributed by atoms with E-state index in [-0.39, 0.29) is 11.9 Å². The molecule has 10 heteroatoms. The normalized spacial score (nSPS) is 10.9. The molecule has 3 aromatic rings. The van der Waals surface area contributed by atoms with Crippen molar-refractivity contribution in [3.05, 3.63) is 59.4 Å². The Morgan fingerprint density at radius 1 is 1.19 bits per heavy atom. The Kier molecular flexibility index (Phi) is 10.1. The summed E-state index contributed by atoms with van der Waals surface area (Å²) in [4.78, 5) is 34.1. The van der Waals surface area contributed by atoms with Gasteiger partial charge >= 0.3 is 5.97 Å². The van der Waals surface area contributed by atoms with Crippen molar-refractivity contribution in [3.8, 4) is 5.75 Å². The lowest BCUT2D eigenvalue weighted by Gasteiger charge is -2.15. The van der Waals surface area contributed by atoms with E-state index in [4.69, 9.17) is 9.47 Å². The number of nitrogens with zero attached hydrogens (tertiary/aromatic N) is 3. The van der Waals surface area contributed by atoms with Gasteiger partial charge in [0.25, 0.3) is 0 Å². The number of aromatic nitrogens is 2. The number of fused-ring (bicyclic) bond motifs is 1. The van der Waals surface area contributed by atoms with Crippen LogP contribution < -0.4 is 15.4 Å². The molecule has 0 radical (unpaired) electrons. The number of amides is 1. The predicted octanol–water partition coefficient (Wildman–Crippen LogP) is 4.91. The van der Waals surface area contributed by atoms with Crippen molar-refractivity contribution >= 4 is 55.9 Å². The molecule has 0 atom stereocenters. The molecular weight excluding hydrogens is 526 g/mol. The van der Waals surface area contributed by atoms with Crippen molar-refractivity contribution in [2.45, 2.75) is 19.8 Å². The fraction of sp³-hybridized carbons (Fsp3) is 0.308. The number of carbonyl (C=O) groups is 2. The molecule has 0 aliphatic rings.